The molecule has 0 amide bonds. The molecule has 0 fully saturated rings. The van der Waals surface area contributed by atoms with Crippen molar-refractivity contribution in [3.8, 4) is 0 Å². The Balaban J connectivity index is 3.31. The van der Waals surface area contributed by atoms with E-state index in [0.29, 0.717) is 13.1 Å². The van der Waals surface area contributed by atoms with Crippen LogP contribution in [0.15, 0.2) is 29.2 Å². The minimum absolute atomic E-state index is 0.0497. The van der Waals surface area contributed by atoms with Gasteiger partial charge in [-0.2, -0.15) is 13.2 Å². The molecule has 120 valence electrons. The molecule has 0 aromatic heterocycles. The number of unbranched alkanes of at least 4 members (excludes halogenated alkanes) is 1. The number of hydrogen-bond acceptors (Lipinski definition) is 4. The molecule has 0 aliphatic carbocycles. The summed E-state index contributed by atoms with van der Waals surface area (Å²) in [6, 6.07) is 5.15. The van der Waals surface area contributed by atoms with E-state index in [9.17, 15) is 21.6 Å². The molecule has 8 heteroatoms. The van der Waals surface area contributed by atoms with E-state index in [0.717, 1.165) is 18.9 Å². The quantitative estimate of drug-likeness (QED) is 0.837. The molecule has 0 radical (unpaired) electrons. The third-order valence-electron chi connectivity index (χ3n) is 2.98. The molecule has 0 bridgehead atoms. The normalized spacial score (nSPS) is 12.4. The van der Waals surface area contributed by atoms with Gasteiger partial charge in [-0.1, -0.05) is 25.5 Å². The number of hydrogen-bond donors (Lipinski definition) is 1. The Hall–Kier alpha value is -1.28. The highest BCUT2D eigenvalue weighted by Crippen LogP contribution is 2.35. The topological polar surface area (TPSA) is 63.4 Å². The molecule has 0 unspecified atom stereocenters. The summed E-state index contributed by atoms with van der Waals surface area (Å²) in [6.45, 7) is 2.92. The van der Waals surface area contributed by atoms with Gasteiger partial charge in [-0.25, -0.2) is 8.42 Å². The van der Waals surface area contributed by atoms with Gasteiger partial charge in [-0.3, -0.25) is 0 Å². The number of rotatable bonds is 7. The molecule has 21 heavy (non-hydrogen) atoms. The van der Waals surface area contributed by atoms with Gasteiger partial charge in [0.05, 0.1) is 10.6 Å². The van der Waals surface area contributed by atoms with E-state index >= 15 is 0 Å². The number of halogens is 3. The van der Waals surface area contributed by atoms with E-state index in [1.807, 2.05) is 6.92 Å². The largest absolute Gasteiger partial charge is 0.501 e. The molecule has 1 rings (SSSR count). The van der Waals surface area contributed by atoms with Crippen LogP contribution in [-0.4, -0.2) is 33.6 Å². The van der Waals surface area contributed by atoms with Crippen LogP contribution in [0.1, 0.15) is 19.8 Å². The maximum atomic E-state index is 12.8. The Morgan fingerprint density at radius 1 is 1.19 bits per heavy atom. The fraction of sp³-hybridized carbons (Fsp3) is 0.538. The van der Waals surface area contributed by atoms with E-state index in [4.69, 9.17) is 5.73 Å². The fourth-order valence-corrected chi connectivity index (χ4v) is 2.91. The fourth-order valence-electron chi connectivity index (χ4n) is 1.93. The first-order valence-corrected chi connectivity index (χ1v) is 8.09. The van der Waals surface area contributed by atoms with Crippen LogP contribution in [0.4, 0.5) is 18.9 Å². The van der Waals surface area contributed by atoms with Crippen LogP contribution >= 0.6 is 0 Å². The second kappa shape index (κ2) is 7.13. The summed E-state index contributed by atoms with van der Waals surface area (Å²) in [5.41, 5.74) is 0.203. The van der Waals surface area contributed by atoms with Crippen LogP contribution in [0.5, 0.6) is 0 Å². The predicted octanol–water partition coefficient (Wildman–Crippen LogP) is 2.55. The van der Waals surface area contributed by atoms with Gasteiger partial charge in [0.2, 0.25) is 0 Å². The number of nitrogens with two attached hydrogens (primary N) is 1. The standard InChI is InChI=1S/C13H19F3N2O2S/c1-2-3-9-18(10-8-17)11-6-4-5-7-12(11)21(19,20)13(14,15)16/h4-7H,2-3,8-10,17H2,1H3. The lowest BCUT2D eigenvalue weighted by atomic mass is 10.2. The molecule has 0 aliphatic rings. The van der Waals surface area contributed by atoms with Crippen molar-refractivity contribution < 1.29 is 21.6 Å². The first-order valence-electron chi connectivity index (χ1n) is 6.61. The average molecular weight is 324 g/mol. The smallest absolute Gasteiger partial charge is 0.369 e. The zero-order valence-corrected chi connectivity index (χ0v) is 12.5. The molecule has 0 saturated heterocycles. The number of anilines is 1. The molecule has 4 nitrogen and oxygen atoms in total. The number of alkyl halides is 3. The first-order chi connectivity index (χ1) is 9.75. The number of sulfone groups is 1. The van der Waals surface area contributed by atoms with E-state index < -0.39 is 20.2 Å². The van der Waals surface area contributed by atoms with Gasteiger partial charge < -0.3 is 10.6 Å². The number of benzene rings is 1. The minimum Gasteiger partial charge on any atom is -0.369 e. The first kappa shape index (κ1) is 17.8. The molecular formula is C13H19F3N2O2S. The highest BCUT2D eigenvalue weighted by Gasteiger charge is 2.48. The Bertz CT molecular complexity index is 559. The number of nitrogens with zero attached hydrogens (tertiary/aromatic N) is 1. The van der Waals surface area contributed by atoms with Crippen molar-refractivity contribution in [3.05, 3.63) is 24.3 Å². The van der Waals surface area contributed by atoms with Crippen LogP contribution in [0.2, 0.25) is 0 Å². The van der Waals surface area contributed by atoms with Gasteiger partial charge in [-0.05, 0) is 18.6 Å². The molecule has 1 aromatic carbocycles. The Kier molecular flexibility index (Phi) is 6.03. The van der Waals surface area contributed by atoms with Crippen LogP contribution < -0.4 is 10.6 Å². The second-order valence-electron chi connectivity index (χ2n) is 4.55. The van der Waals surface area contributed by atoms with Crippen LogP contribution in [-0.2, 0) is 9.84 Å². The van der Waals surface area contributed by atoms with Crippen molar-refractivity contribution >= 4 is 15.5 Å². The lowest BCUT2D eigenvalue weighted by Gasteiger charge is -2.26. The maximum Gasteiger partial charge on any atom is 0.501 e. The van der Waals surface area contributed by atoms with Gasteiger partial charge in [0.25, 0.3) is 9.84 Å². The zero-order chi connectivity index (χ0) is 16.1. The van der Waals surface area contributed by atoms with Crippen LogP contribution in [0, 0.1) is 0 Å². The van der Waals surface area contributed by atoms with E-state index in [2.05, 4.69) is 0 Å². The Labute approximate surface area is 122 Å². The summed E-state index contributed by atoms with van der Waals surface area (Å²) >= 11 is 0. The number of para-hydroxylation sites is 1. The van der Waals surface area contributed by atoms with Crippen molar-refractivity contribution in [2.24, 2.45) is 5.73 Å². The molecule has 2 N–H and O–H groups in total. The van der Waals surface area contributed by atoms with Crippen LogP contribution in [0.25, 0.3) is 0 Å². The second-order valence-corrected chi connectivity index (χ2v) is 6.46. The summed E-state index contributed by atoms with van der Waals surface area (Å²) in [5.74, 6) is 0. The van der Waals surface area contributed by atoms with E-state index in [-0.39, 0.29) is 12.2 Å². The highest BCUT2D eigenvalue weighted by atomic mass is 32.2. The Morgan fingerprint density at radius 3 is 2.33 bits per heavy atom. The summed E-state index contributed by atoms with van der Waals surface area (Å²) in [4.78, 5) is 0.865. The van der Waals surface area contributed by atoms with Crippen molar-refractivity contribution in [2.45, 2.75) is 30.2 Å². The third-order valence-corrected chi connectivity index (χ3v) is 4.51. The molecular weight excluding hydrogens is 305 g/mol. The zero-order valence-electron chi connectivity index (χ0n) is 11.7. The van der Waals surface area contributed by atoms with Crippen molar-refractivity contribution in [1.82, 2.24) is 0 Å². The minimum atomic E-state index is -5.38. The summed E-state index contributed by atoms with van der Waals surface area (Å²) in [6.07, 6.45) is 1.58. The molecule has 0 saturated carbocycles. The third kappa shape index (κ3) is 4.10. The van der Waals surface area contributed by atoms with Gasteiger partial charge in [-0.15, -0.1) is 0 Å². The molecule has 0 aliphatic heterocycles. The highest BCUT2D eigenvalue weighted by molar-refractivity contribution is 7.92. The van der Waals surface area contributed by atoms with Gasteiger partial charge in [0.1, 0.15) is 0 Å². The molecule has 0 spiro atoms. The van der Waals surface area contributed by atoms with Gasteiger partial charge in [0, 0.05) is 19.6 Å². The maximum absolute atomic E-state index is 12.8. The molecule has 0 heterocycles. The van der Waals surface area contributed by atoms with E-state index in [1.165, 1.54) is 18.2 Å². The summed E-state index contributed by atoms with van der Waals surface area (Å²) < 4.78 is 61.7. The summed E-state index contributed by atoms with van der Waals surface area (Å²) in [7, 11) is -5.38. The lowest BCUT2D eigenvalue weighted by Crippen LogP contribution is -2.33. The SMILES string of the molecule is CCCCN(CCN)c1ccccc1S(=O)(=O)C(F)(F)F. The van der Waals surface area contributed by atoms with Crippen molar-refractivity contribution in [3.63, 3.8) is 0 Å². The molecule has 0 atom stereocenters. The van der Waals surface area contributed by atoms with Gasteiger partial charge in [0.15, 0.2) is 0 Å². The predicted molar refractivity (Wildman–Crippen MR) is 75.9 cm³/mol. The summed E-state index contributed by atoms with van der Waals surface area (Å²) in [5, 5.41) is 0. The van der Waals surface area contributed by atoms with Crippen LogP contribution in [0.3, 0.4) is 0 Å². The van der Waals surface area contributed by atoms with Crippen molar-refractivity contribution in [1.29, 1.82) is 0 Å². The van der Waals surface area contributed by atoms with Gasteiger partial charge >= 0.3 is 5.51 Å². The van der Waals surface area contributed by atoms with E-state index in [1.54, 1.807) is 4.90 Å². The average Bonchev–Trinajstić information content (AvgIpc) is 2.42. The monoisotopic (exact) mass is 324 g/mol. The molecule has 1 aromatic rings. The van der Waals surface area contributed by atoms with Crippen molar-refractivity contribution in [2.75, 3.05) is 24.5 Å². The Morgan fingerprint density at radius 2 is 1.81 bits per heavy atom. The lowest BCUT2D eigenvalue weighted by molar-refractivity contribution is -0.0435.